The third-order valence-corrected chi connectivity index (χ3v) is 4.56. The predicted octanol–water partition coefficient (Wildman–Crippen LogP) is 0.568. The summed E-state index contributed by atoms with van der Waals surface area (Å²) in [6, 6.07) is 0.188. The van der Waals surface area contributed by atoms with Crippen molar-refractivity contribution < 1.29 is 14.4 Å². The van der Waals surface area contributed by atoms with Gasteiger partial charge in [-0.3, -0.25) is 0 Å². The van der Waals surface area contributed by atoms with Crippen molar-refractivity contribution in [1.29, 1.82) is 0 Å². The Kier molecular flexibility index (Phi) is 3.52. The summed E-state index contributed by atoms with van der Waals surface area (Å²) in [5.41, 5.74) is -0.154. The number of piperazine rings is 1. The first-order chi connectivity index (χ1) is 11.5. The maximum Gasteiger partial charge on any atom is 0.266 e. The average molecular weight is 332 g/mol. The van der Waals surface area contributed by atoms with Crippen molar-refractivity contribution in [3.8, 4) is 5.75 Å². The SMILES string of the molecule is CC1CN(c2noc(C3(C)COC3)n2)CCN1c1ncc(O)cn1. The van der Waals surface area contributed by atoms with Crippen LogP contribution in [0.5, 0.6) is 5.75 Å². The fourth-order valence-electron chi connectivity index (χ4n) is 3.02. The standard InChI is InChI=1S/C15H20N6O3/c1-10-7-20(3-4-21(10)13-16-5-11(22)6-17-13)14-18-12(24-19-14)15(2)8-23-9-15/h5-6,10,22H,3-4,7-9H2,1-2H3. The molecule has 2 aromatic rings. The summed E-state index contributed by atoms with van der Waals surface area (Å²) in [7, 11) is 0. The van der Waals surface area contributed by atoms with Crippen molar-refractivity contribution in [1.82, 2.24) is 20.1 Å². The molecule has 1 unspecified atom stereocenters. The Hall–Kier alpha value is -2.42. The molecule has 0 aliphatic carbocycles. The number of nitrogens with zero attached hydrogens (tertiary/aromatic N) is 6. The number of rotatable bonds is 3. The zero-order valence-corrected chi connectivity index (χ0v) is 13.7. The first kappa shape index (κ1) is 15.1. The van der Waals surface area contributed by atoms with E-state index in [9.17, 15) is 5.11 Å². The highest BCUT2D eigenvalue weighted by atomic mass is 16.5. The predicted molar refractivity (Wildman–Crippen MR) is 85.2 cm³/mol. The Bertz CT molecular complexity index is 714. The Morgan fingerprint density at radius 1 is 1.21 bits per heavy atom. The van der Waals surface area contributed by atoms with Crippen LogP contribution in [-0.4, -0.2) is 64.1 Å². The molecule has 9 nitrogen and oxygen atoms in total. The van der Waals surface area contributed by atoms with Crippen molar-refractivity contribution in [2.75, 3.05) is 42.6 Å². The van der Waals surface area contributed by atoms with E-state index >= 15 is 0 Å². The van der Waals surface area contributed by atoms with Crippen LogP contribution < -0.4 is 9.80 Å². The van der Waals surface area contributed by atoms with E-state index in [2.05, 4.69) is 43.8 Å². The summed E-state index contributed by atoms with van der Waals surface area (Å²) in [5.74, 6) is 1.95. The molecule has 128 valence electrons. The fraction of sp³-hybridized carbons (Fsp3) is 0.600. The fourth-order valence-corrected chi connectivity index (χ4v) is 3.02. The van der Waals surface area contributed by atoms with Crippen LogP contribution in [0.3, 0.4) is 0 Å². The van der Waals surface area contributed by atoms with Crippen LogP contribution in [0, 0.1) is 0 Å². The van der Waals surface area contributed by atoms with Gasteiger partial charge >= 0.3 is 0 Å². The number of aromatic hydroxyl groups is 1. The Morgan fingerprint density at radius 3 is 2.58 bits per heavy atom. The van der Waals surface area contributed by atoms with Gasteiger partial charge in [-0.25, -0.2) is 9.97 Å². The lowest BCUT2D eigenvalue weighted by molar-refractivity contribution is -0.0644. The largest absolute Gasteiger partial charge is 0.505 e. The highest BCUT2D eigenvalue weighted by molar-refractivity contribution is 5.39. The van der Waals surface area contributed by atoms with Gasteiger partial charge in [-0.15, -0.1) is 0 Å². The van der Waals surface area contributed by atoms with E-state index in [4.69, 9.17) is 9.26 Å². The van der Waals surface area contributed by atoms with Crippen LogP contribution >= 0.6 is 0 Å². The molecule has 4 rings (SSSR count). The third kappa shape index (κ3) is 2.54. The van der Waals surface area contributed by atoms with Crippen molar-refractivity contribution >= 4 is 11.9 Å². The zero-order chi connectivity index (χ0) is 16.7. The molecule has 2 aromatic heterocycles. The molecule has 0 spiro atoms. The van der Waals surface area contributed by atoms with E-state index in [-0.39, 0.29) is 17.2 Å². The molecule has 1 atom stereocenters. The molecule has 24 heavy (non-hydrogen) atoms. The molecule has 0 amide bonds. The van der Waals surface area contributed by atoms with Gasteiger partial charge < -0.3 is 24.2 Å². The van der Waals surface area contributed by atoms with Gasteiger partial charge in [-0.05, 0) is 19.0 Å². The maximum absolute atomic E-state index is 9.32. The lowest BCUT2D eigenvalue weighted by Gasteiger charge is -2.39. The van der Waals surface area contributed by atoms with Crippen LogP contribution in [0.25, 0.3) is 0 Å². The molecular weight excluding hydrogens is 312 g/mol. The first-order valence-corrected chi connectivity index (χ1v) is 8.00. The van der Waals surface area contributed by atoms with Gasteiger partial charge in [0.2, 0.25) is 11.8 Å². The van der Waals surface area contributed by atoms with Crippen LogP contribution in [-0.2, 0) is 10.2 Å². The van der Waals surface area contributed by atoms with Crippen molar-refractivity contribution in [2.45, 2.75) is 25.3 Å². The molecule has 0 radical (unpaired) electrons. The molecule has 9 heteroatoms. The van der Waals surface area contributed by atoms with Crippen molar-refractivity contribution in [3.63, 3.8) is 0 Å². The smallest absolute Gasteiger partial charge is 0.266 e. The van der Waals surface area contributed by atoms with Gasteiger partial charge in [-0.2, -0.15) is 4.98 Å². The average Bonchev–Trinajstić information content (AvgIpc) is 3.04. The Balaban J connectivity index is 1.45. The van der Waals surface area contributed by atoms with E-state index < -0.39 is 0 Å². The van der Waals surface area contributed by atoms with E-state index in [0.29, 0.717) is 31.0 Å². The molecule has 2 fully saturated rings. The van der Waals surface area contributed by atoms with E-state index in [1.165, 1.54) is 12.4 Å². The van der Waals surface area contributed by atoms with Crippen molar-refractivity contribution in [2.24, 2.45) is 0 Å². The first-order valence-electron chi connectivity index (χ1n) is 8.00. The molecular formula is C15H20N6O3. The highest BCUT2D eigenvalue weighted by Gasteiger charge is 2.41. The normalized spacial score (nSPS) is 23.2. The van der Waals surface area contributed by atoms with Gasteiger partial charge in [0.25, 0.3) is 5.95 Å². The minimum Gasteiger partial charge on any atom is -0.505 e. The van der Waals surface area contributed by atoms with Crippen molar-refractivity contribution in [3.05, 3.63) is 18.3 Å². The topological polar surface area (TPSA) is 101 Å². The molecule has 4 heterocycles. The number of anilines is 2. The number of ether oxygens (including phenoxy) is 1. The van der Waals surface area contributed by atoms with Gasteiger partial charge in [0, 0.05) is 25.7 Å². The molecule has 0 bridgehead atoms. The van der Waals surface area contributed by atoms with Crippen LogP contribution in [0.2, 0.25) is 0 Å². The third-order valence-electron chi connectivity index (χ3n) is 4.56. The summed E-state index contributed by atoms with van der Waals surface area (Å²) in [6.07, 6.45) is 2.82. The maximum atomic E-state index is 9.32. The minimum atomic E-state index is -0.154. The van der Waals surface area contributed by atoms with Crippen LogP contribution in [0.15, 0.2) is 16.9 Å². The summed E-state index contributed by atoms with van der Waals surface area (Å²) in [6.45, 7) is 7.66. The number of hydrogen-bond donors (Lipinski definition) is 1. The summed E-state index contributed by atoms with van der Waals surface area (Å²) >= 11 is 0. The van der Waals surface area contributed by atoms with E-state index in [1.54, 1.807) is 0 Å². The molecule has 2 aliphatic heterocycles. The highest BCUT2D eigenvalue weighted by Crippen LogP contribution is 2.31. The van der Waals surface area contributed by atoms with Gasteiger partial charge in [0.05, 0.1) is 31.0 Å². The Morgan fingerprint density at radius 2 is 1.96 bits per heavy atom. The molecule has 0 aromatic carbocycles. The van der Waals surface area contributed by atoms with Gasteiger partial charge in [0.1, 0.15) is 0 Å². The molecule has 1 N–H and O–H groups in total. The minimum absolute atomic E-state index is 0.0674. The quantitative estimate of drug-likeness (QED) is 0.864. The summed E-state index contributed by atoms with van der Waals surface area (Å²) in [4.78, 5) is 17.2. The number of aromatic nitrogens is 4. The Labute approximate surface area is 139 Å². The number of hydrogen-bond acceptors (Lipinski definition) is 9. The second-order valence-corrected chi connectivity index (χ2v) is 6.68. The molecule has 2 aliphatic rings. The second kappa shape index (κ2) is 5.59. The van der Waals surface area contributed by atoms with Gasteiger partial charge in [0.15, 0.2) is 5.75 Å². The van der Waals surface area contributed by atoms with Crippen LogP contribution in [0.4, 0.5) is 11.9 Å². The second-order valence-electron chi connectivity index (χ2n) is 6.68. The van der Waals surface area contributed by atoms with E-state index in [1.807, 2.05) is 0 Å². The summed E-state index contributed by atoms with van der Waals surface area (Å²) < 4.78 is 10.7. The lowest BCUT2D eigenvalue weighted by atomic mass is 9.89. The molecule has 2 saturated heterocycles. The van der Waals surface area contributed by atoms with Gasteiger partial charge in [-0.1, -0.05) is 0 Å². The summed E-state index contributed by atoms with van der Waals surface area (Å²) in [5, 5.41) is 13.5. The van der Waals surface area contributed by atoms with Crippen LogP contribution in [0.1, 0.15) is 19.7 Å². The monoisotopic (exact) mass is 332 g/mol. The lowest BCUT2D eigenvalue weighted by Crippen LogP contribution is -2.53. The molecule has 0 saturated carbocycles. The zero-order valence-electron chi connectivity index (χ0n) is 13.7. The van der Waals surface area contributed by atoms with E-state index in [0.717, 1.165) is 19.6 Å².